The van der Waals surface area contributed by atoms with Crippen molar-refractivity contribution in [3.05, 3.63) is 53.8 Å². The van der Waals surface area contributed by atoms with Gasteiger partial charge in [-0.3, -0.25) is 4.79 Å². The number of halogens is 1. The number of carbonyl (C=O) groups is 1. The van der Waals surface area contributed by atoms with Crippen LogP contribution in [0, 0.1) is 5.82 Å². The molecule has 132 valence electrons. The summed E-state index contributed by atoms with van der Waals surface area (Å²) in [7, 11) is 0. The quantitative estimate of drug-likeness (QED) is 0.872. The minimum absolute atomic E-state index is 0.285. The molecule has 0 unspecified atom stereocenters. The summed E-state index contributed by atoms with van der Waals surface area (Å²) in [6.07, 6.45) is 3.38. The van der Waals surface area contributed by atoms with Gasteiger partial charge in [-0.1, -0.05) is 6.07 Å². The highest BCUT2D eigenvalue weighted by atomic mass is 19.1. The Morgan fingerprint density at radius 2 is 1.96 bits per heavy atom. The number of nitrogens with one attached hydrogen (secondary N) is 1. The second-order valence-corrected chi connectivity index (χ2v) is 6.13. The lowest BCUT2D eigenvalue weighted by Crippen LogP contribution is -2.30. The van der Waals surface area contributed by atoms with Crippen molar-refractivity contribution in [2.75, 3.05) is 29.9 Å². The first-order chi connectivity index (χ1) is 12.2. The normalized spacial score (nSPS) is 14.2. The molecular formula is C20H23FN2O2. The number of rotatable bonds is 5. The molecule has 2 aromatic rings. The largest absolute Gasteiger partial charge is 0.494 e. The van der Waals surface area contributed by atoms with Gasteiger partial charge in [0.05, 0.1) is 12.3 Å². The van der Waals surface area contributed by atoms with E-state index in [1.807, 2.05) is 6.92 Å². The van der Waals surface area contributed by atoms with Crippen LogP contribution in [0.3, 0.4) is 0 Å². The maximum Gasteiger partial charge on any atom is 0.255 e. The number of hydrogen-bond acceptors (Lipinski definition) is 3. The van der Waals surface area contributed by atoms with Gasteiger partial charge in [0.2, 0.25) is 0 Å². The van der Waals surface area contributed by atoms with Gasteiger partial charge in [0.25, 0.3) is 5.91 Å². The van der Waals surface area contributed by atoms with E-state index in [1.54, 1.807) is 36.4 Å². The van der Waals surface area contributed by atoms with E-state index in [1.165, 1.54) is 12.5 Å². The average molecular weight is 342 g/mol. The Hall–Kier alpha value is -2.56. The summed E-state index contributed by atoms with van der Waals surface area (Å²) in [5, 5.41) is 2.75. The zero-order valence-electron chi connectivity index (χ0n) is 14.4. The lowest BCUT2D eigenvalue weighted by Gasteiger charge is -2.29. The topological polar surface area (TPSA) is 41.6 Å². The van der Waals surface area contributed by atoms with E-state index in [-0.39, 0.29) is 11.7 Å². The maximum atomic E-state index is 14.4. The highest BCUT2D eigenvalue weighted by Crippen LogP contribution is 2.26. The van der Waals surface area contributed by atoms with Crippen LogP contribution in [0.4, 0.5) is 15.8 Å². The molecule has 0 aromatic heterocycles. The van der Waals surface area contributed by atoms with Crippen molar-refractivity contribution in [1.82, 2.24) is 0 Å². The zero-order valence-corrected chi connectivity index (χ0v) is 14.4. The van der Waals surface area contributed by atoms with Gasteiger partial charge in [0.15, 0.2) is 0 Å². The molecule has 1 amide bonds. The molecule has 3 rings (SSSR count). The SMILES string of the molecule is CCOc1cccc(C(=O)Nc2ccc(N3CCCCC3)c(F)c2)c1. The fraction of sp³-hybridized carbons (Fsp3) is 0.350. The van der Waals surface area contributed by atoms with Crippen LogP contribution in [0.25, 0.3) is 0 Å². The standard InChI is InChI=1S/C20H23FN2O2/c1-2-25-17-8-6-7-15(13-17)20(24)22-16-9-10-19(18(21)14-16)23-11-4-3-5-12-23/h6-10,13-14H,2-5,11-12H2,1H3,(H,22,24). The predicted molar refractivity (Wildman–Crippen MR) is 98.0 cm³/mol. The molecule has 1 N–H and O–H groups in total. The van der Waals surface area contributed by atoms with E-state index in [0.717, 1.165) is 25.9 Å². The fourth-order valence-corrected chi connectivity index (χ4v) is 3.07. The second-order valence-electron chi connectivity index (χ2n) is 6.13. The van der Waals surface area contributed by atoms with Crippen LogP contribution < -0.4 is 15.0 Å². The molecule has 2 aromatic carbocycles. The van der Waals surface area contributed by atoms with Gasteiger partial charge in [0, 0.05) is 24.3 Å². The summed E-state index contributed by atoms with van der Waals surface area (Å²) >= 11 is 0. The molecule has 4 nitrogen and oxygen atoms in total. The van der Waals surface area contributed by atoms with Gasteiger partial charge >= 0.3 is 0 Å². The van der Waals surface area contributed by atoms with Crippen molar-refractivity contribution in [3.8, 4) is 5.75 Å². The van der Waals surface area contributed by atoms with E-state index >= 15 is 0 Å². The van der Waals surface area contributed by atoms with Crippen molar-refractivity contribution in [2.24, 2.45) is 0 Å². The lowest BCUT2D eigenvalue weighted by atomic mass is 10.1. The number of ether oxygens (including phenoxy) is 1. The monoisotopic (exact) mass is 342 g/mol. The summed E-state index contributed by atoms with van der Waals surface area (Å²) in [6, 6.07) is 11.8. The predicted octanol–water partition coefficient (Wildman–Crippen LogP) is 4.47. The first-order valence-corrected chi connectivity index (χ1v) is 8.76. The van der Waals surface area contributed by atoms with Gasteiger partial charge in [-0.25, -0.2) is 4.39 Å². The number of amides is 1. The van der Waals surface area contributed by atoms with Crippen LogP contribution in [0.2, 0.25) is 0 Å². The van der Waals surface area contributed by atoms with E-state index in [0.29, 0.717) is 29.3 Å². The van der Waals surface area contributed by atoms with Crippen molar-refractivity contribution in [2.45, 2.75) is 26.2 Å². The van der Waals surface area contributed by atoms with Crippen LogP contribution >= 0.6 is 0 Å². The Morgan fingerprint density at radius 1 is 1.16 bits per heavy atom. The smallest absolute Gasteiger partial charge is 0.255 e. The van der Waals surface area contributed by atoms with E-state index in [4.69, 9.17) is 4.74 Å². The van der Waals surface area contributed by atoms with Crippen LogP contribution in [-0.4, -0.2) is 25.6 Å². The molecule has 1 saturated heterocycles. The zero-order chi connectivity index (χ0) is 17.6. The van der Waals surface area contributed by atoms with Crippen LogP contribution in [-0.2, 0) is 0 Å². The Kier molecular flexibility index (Phi) is 5.53. The lowest BCUT2D eigenvalue weighted by molar-refractivity contribution is 0.102. The summed E-state index contributed by atoms with van der Waals surface area (Å²) in [5.41, 5.74) is 1.53. The van der Waals surface area contributed by atoms with Gasteiger partial charge in [0.1, 0.15) is 11.6 Å². The molecule has 1 aliphatic heterocycles. The number of carbonyl (C=O) groups excluding carboxylic acids is 1. The molecule has 1 aliphatic rings. The van der Waals surface area contributed by atoms with E-state index in [2.05, 4.69) is 10.2 Å². The molecule has 0 radical (unpaired) electrons. The molecule has 0 atom stereocenters. The number of benzene rings is 2. The molecular weight excluding hydrogens is 319 g/mol. The highest BCUT2D eigenvalue weighted by Gasteiger charge is 2.16. The van der Waals surface area contributed by atoms with Crippen molar-refractivity contribution in [1.29, 1.82) is 0 Å². The van der Waals surface area contributed by atoms with Crippen molar-refractivity contribution in [3.63, 3.8) is 0 Å². The van der Waals surface area contributed by atoms with Crippen LogP contribution in [0.5, 0.6) is 5.75 Å². The highest BCUT2D eigenvalue weighted by molar-refractivity contribution is 6.04. The van der Waals surface area contributed by atoms with Gasteiger partial charge in [-0.05, 0) is 62.6 Å². The third kappa shape index (κ3) is 4.29. The Labute approximate surface area is 147 Å². The third-order valence-corrected chi connectivity index (χ3v) is 4.31. The third-order valence-electron chi connectivity index (χ3n) is 4.31. The minimum atomic E-state index is -0.303. The average Bonchev–Trinajstić information content (AvgIpc) is 2.63. The molecule has 0 aliphatic carbocycles. The molecule has 0 spiro atoms. The Morgan fingerprint density at radius 3 is 2.68 bits per heavy atom. The Bertz CT molecular complexity index is 742. The second kappa shape index (κ2) is 8.01. The summed E-state index contributed by atoms with van der Waals surface area (Å²) in [5.74, 6) is 0.0521. The van der Waals surface area contributed by atoms with Crippen LogP contribution in [0.1, 0.15) is 36.5 Å². The molecule has 25 heavy (non-hydrogen) atoms. The van der Waals surface area contributed by atoms with E-state index < -0.39 is 0 Å². The minimum Gasteiger partial charge on any atom is -0.494 e. The molecule has 1 heterocycles. The number of piperidine rings is 1. The van der Waals surface area contributed by atoms with Gasteiger partial charge in [-0.2, -0.15) is 0 Å². The van der Waals surface area contributed by atoms with Gasteiger partial charge in [-0.15, -0.1) is 0 Å². The Balaban J connectivity index is 1.71. The maximum absolute atomic E-state index is 14.4. The molecule has 0 saturated carbocycles. The number of anilines is 2. The molecule has 0 bridgehead atoms. The summed E-state index contributed by atoms with van der Waals surface area (Å²) < 4.78 is 19.8. The first kappa shape index (κ1) is 17.3. The van der Waals surface area contributed by atoms with Crippen molar-refractivity contribution < 1.29 is 13.9 Å². The van der Waals surface area contributed by atoms with Crippen LogP contribution in [0.15, 0.2) is 42.5 Å². The fourth-order valence-electron chi connectivity index (χ4n) is 3.07. The van der Waals surface area contributed by atoms with Crippen molar-refractivity contribution >= 4 is 17.3 Å². The number of nitrogens with zero attached hydrogens (tertiary/aromatic N) is 1. The first-order valence-electron chi connectivity index (χ1n) is 8.76. The molecule has 5 heteroatoms. The summed E-state index contributed by atoms with van der Waals surface area (Å²) in [4.78, 5) is 14.4. The number of hydrogen-bond donors (Lipinski definition) is 1. The molecule has 1 fully saturated rings. The van der Waals surface area contributed by atoms with E-state index in [9.17, 15) is 9.18 Å². The van der Waals surface area contributed by atoms with Gasteiger partial charge < -0.3 is 15.0 Å². The summed E-state index contributed by atoms with van der Waals surface area (Å²) in [6.45, 7) is 4.19.